The Morgan fingerprint density at radius 2 is 0.500 bits per heavy atom. The van der Waals surface area contributed by atoms with E-state index >= 15 is 0 Å². The molecule has 0 fully saturated rings. The molecule has 2 heteroatoms. The third kappa shape index (κ3) is 13.4. The lowest BCUT2D eigenvalue weighted by Gasteiger charge is -2.28. The molecule has 2 nitrogen and oxygen atoms in total. The van der Waals surface area contributed by atoms with E-state index in [2.05, 4.69) is 264 Å². The maximum absolute atomic E-state index is 2.58. The summed E-state index contributed by atoms with van der Waals surface area (Å²) in [5.74, 6) is 0. The van der Waals surface area contributed by atoms with E-state index in [0.29, 0.717) is 0 Å². The minimum Gasteiger partial charge on any atom is -0.311 e. The molecule has 0 heterocycles. The van der Waals surface area contributed by atoms with Crippen LogP contribution in [0.4, 0.5) is 34.1 Å². The normalized spacial score (nSPS) is 12.3. The van der Waals surface area contributed by atoms with Gasteiger partial charge in [0.05, 0.1) is 0 Å². The van der Waals surface area contributed by atoms with Gasteiger partial charge in [0, 0.05) is 34.1 Å². The number of rotatable bonds is 18. The Labute approximate surface area is 438 Å². The van der Waals surface area contributed by atoms with Crippen molar-refractivity contribution in [3.63, 3.8) is 0 Å². The summed E-state index contributed by atoms with van der Waals surface area (Å²) < 4.78 is 0. The molecule has 7 aromatic rings. The minimum atomic E-state index is 0.0847. The van der Waals surface area contributed by atoms with E-state index in [1.165, 1.54) is 130 Å². The molecule has 0 amide bonds. The second kappa shape index (κ2) is 22.9. The van der Waals surface area contributed by atoms with E-state index in [1.807, 2.05) is 0 Å². The van der Waals surface area contributed by atoms with Crippen LogP contribution in [0.25, 0.3) is 22.3 Å². The number of hydrogen-bond acceptors (Lipinski definition) is 2. The molecule has 7 aromatic carbocycles. The molecule has 0 aliphatic rings. The van der Waals surface area contributed by atoms with E-state index in [0.717, 1.165) is 24.2 Å². The van der Waals surface area contributed by atoms with Gasteiger partial charge in [-0.15, -0.1) is 0 Å². The highest BCUT2D eigenvalue weighted by Gasteiger charge is 2.22. The van der Waals surface area contributed by atoms with Gasteiger partial charge in [-0.2, -0.15) is 0 Å². The molecule has 0 bridgehead atoms. The zero-order valence-electron chi connectivity index (χ0n) is 47.0. The molecule has 0 aromatic heterocycles. The molecule has 0 spiro atoms. The molecule has 0 unspecified atom stereocenters. The van der Waals surface area contributed by atoms with Crippen molar-refractivity contribution in [2.75, 3.05) is 9.80 Å². The van der Waals surface area contributed by atoms with Gasteiger partial charge >= 0.3 is 0 Å². The Morgan fingerprint density at radius 3 is 0.708 bits per heavy atom. The Hall–Kier alpha value is -5.86. The molecule has 0 saturated heterocycles. The van der Waals surface area contributed by atoms with Gasteiger partial charge in [0.2, 0.25) is 0 Å². The molecule has 0 aliphatic heterocycles. The molecule has 0 radical (unpaired) electrons. The van der Waals surface area contributed by atoms with Crippen LogP contribution < -0.4 is 9.80 Å². The highest BCUT2D eigenvalue weighted by atomic mass is 15.1. The number of unbranched alkanes of at least 4 members (excludes halogenated alkanes) is 6. The Balaban J connectivity index is 1.30. The summed E-state index contributed by atoms with van der Waals surface area (Å²) in [6, 6.07) is 60.8. The predicted octanol–water partition coefficient (Wildman–Crippen LogP) is 21.4. The molecule has 72 heavy (non-hydrogen) atoms. The van der Waals surface area contributed by atoms with E-state index in [9.17, 15) is 0 Å². The van der Waals surface area contributed by atoms with Crippen LogP contribution in [0.15, 0.2) is 158 Å². The average Bonchev–Trinajstić information content (AvgIpc) is 3.34. The number of hydrogen-bond donors (Lipinski definition) is 0. The molecular formula is C70H88N2. The highest BCUT2D eigenvalue weighted by Crippen LogP contribution is 2.42. The zero-order chi connectivity index (χ0) is 51.8. The van der Waals surface area contributed by atoms with Crippen molar-refractivity contribution in [1.29, 1.82) is 0 Å². The first-order valence-electron chi connectivity index (χ1n) is 27.5. The van der Waals surface area contributed by atoms with Crippen LogP contribution in [0.2, 0.25) is 0 Å². The van der Waals surface area contributed by atoms with Crippen molar-refractivity contribution < 1.29 is 0 Å². The van der Waals surface area contributed by atoms with Gasteiger partial charge in [-0.1, -0.05) is 220 Å². The van der Waals surface area contributed by atoms with Gasteiger partial charge in [0.1, 0.15) is 0 Å². The van der Waals surface area contributed by atoms with E-state index in [1.54, 1.807) is 0 Å². The van der Waals surface area contributed by atoms with Crippen molar-refractivity contribution in [2.24, 2.45) is 0 Å². The Kier molecular flexibility index (Phi) is 17.2. The largest absolute Gasteiger partial charge is 0.311 e. The van der Waals surface area contributed by atoms with Crippen molar-refractivity contribution in [2.45, 2.75) is 183 Å². The van der Waals surface area contributed by atoms with Crippen LogP contribution in [0.5, 0.6) is 0 Å². The first-order chi connectivity index (χ1) is 34.1. The maximum Gasteiger partial charge on any atom is 0.0462 e. The van der Waals surface area contributed by atoms with Crippen LogP contribution in [0, 0.1) is 0 Å². The molecular weight excluding hydrogens is 869 g/mol. The standard InChI is InChI=1S/C70H88N2/c1-15-17-19-21-23-53-49-66(52-27-39-60(40-28-52)72(63-45-33-57(34-46-63)69(9,10)11)64-47-35-58(36-48-64)70(12,13)14)54(24-22-20-18-16-2)50-65(53)51-25-37-59(38-26-51)71(61-41-29-55(30-42-61)67(3,4)5)62-43-31-56(32-44-62)68(6,7)8/h25-50H,15-24H2,1-14H3. The lowest BCUT2D eigenvalue weighted by Crippen LogP contribution is -2.14. The summed E-state index contributed by atoms with van der Waals surface area (Å²) in [6.07, 6.45) is 12.0. The lowest BCUT2D eigenvalue weighted by molar-refractivity contribution is 0.590. The molecule has 0 saturated carbocycles. The molecule has 378 valence electrons. The van der Waals surface area contributed by atoms with Crippen LogP contribution in [0.1, 0.15) is 182 Å². The fourth-order valence-electron chi connectivity index (χ4n) is 10.0. The number of aryl methyl sites for hydroxylation is 2. The van der Waals surface area contributed by atoms with E-state index in [-0.39, 0.29) is 21.7 Å². The maximum atomic E-state index is 2.58. The van der Waals surface area contributed by atoms with Gasteiger partial charge in [0.15, 0.2) is 0 Å². The van der Waals surface area contributed by atoms with Gasteiger partial charge < -0.3 is 9.80 Å². The molecule has 0 atom stereocenters. The fraction of sp³-hybridized carbons (Fsp3) is 0.400. The number of nitrogens with zero attached hydrogens (tertiary/aromatic N) is 2. The summed E-state index contributed by atoms with van der Waals surface area (Å²) in [6.45, 7) is 32.1. The Bertz CT molecular complexity index is 2470. The monoisotopic (exact) mass is 957 g/mol. The summed E-state index contributed by atoms with van der Waals surface area (Å²) in [5.41, 5.74) is 20.9. The van der Waals surface area contributed by atoms with Crippen molar-refractivity contribution in [3.8, 4) is 22.3 Å². The van der Waals surface area contributed by atoms with E-state index in [4.69, 9.17) is 0 Å². The predicted molar refractivity (Wildman–Crippen MR) is 317 cm³/mol. The molecule has 7 rings (SSSR count). The highest BCUT2D eigenvalue weighted by molar-refractivity contribution is 5.83. The second-order valence-corrected chi connectivity index (χ2v) is 24.7. The van der Waals surface area contributed by atoms with Crippen LogP contribution >= 0.6 is 0 Å². The SMILES string of the molecule is CCCCCCc1cc(-c2ccc(N(c3ccc(C(C)(C)C)cc3)c3ccc(C(C)(C)C)cc3)cc2)c(CCCCCC)cc1-c1ccc(N(c2ccc(C(C)(C)C)cc2)c2ccc(C(C)(C)C)cc2)cc1. The van der Waals surface area contributed by atoms with Crippen molar-refractivity contribution in [1.82, 2.24) is 0 Å². The Morgan fingerprint density at radius 1 is 0.278 bits per heavy atom. The number of benzene rings is 7. The van der Waals surface area contributed by atoms with Gasteiger partial charge in [-0.05, 0) is 176 Å². The van der Waals surface area contributed by atoms with Crippen molar-refractivity contribution in [3.05, 3.63) is 191 Å². The van der Waals surface area contributed by atoms with E-state index < -0.39 is 0 Å². The quantitative estimate of drug-likeness (QED) is 0.0791. The molecule has 0 aliphatic carbocycles. The van der Waals surface area contributed by atoms with Crippen molar-refractivity contribution >= 4 is 34.1 Å². The zero-order valence-corrected chi connectivity index (χ0v) is 47.0. The third-order valence-corrected chi connectivity index (χ3v) is 14.8. The summed E-state index contributed by atoms with van der Waals surface area (Å²) >= 11 is 0. The average molecular weight is 957 g/mol. The molecule has 0 N–H and O–H groups in total. The van der Waals surface area contributed by atoms with Crippen LogP contribution in [-0.4, -0.2) is 0 Å². The topological polar surface area (TPSA) is 6.48 Å². The first-order valence-corrected chi connectivity index (χ1v) is 27.5. The lowest BCUT2D eigenvalue weighted by atomic mass is 9.86. The summed E-state index contributed by atoms with van der Waals surface area (Å²) in [4.78, 5) is 4.84. The minimum absolute atomic E-state index is 0.0847. The van der Waals surface area contributed by atoms with Gasteiger partial charge in [-0.3, -0.25) is 0 Å². The first kappa shape index (κ1) is 53.9. The van der Waals surface area contributed by atoms with Crippen LogP contribution in [-0.2, 0) is 34.5 Å². The van der Waals surface area contributed by atoms with Gasteiger partial charge in [0.25, 0.3) is 0 Å². The second-order valence-electron chi connectivity index (χ2n) is 24.7. The third-order valence-electron chi connectivity index (χ3n) is 14.8. The smallest absolute Gasteiger partial charge is 0.0462 e. The van der Waals surface area contributed by atoms with Gasteiger partial charge in [-0.25, -0.2) is 0 Å². The number of anilines is 6. The fourth-order valence-corrected chi connectivity index (χ4v) is 10.0. The van der Waals surface area contributed by atoms with Crippen LogP contribution in [0.3, 0.4) is 0 Å². The summed E-state index contributed by atoms with van der Waals surface area (Å²) in [7, 11) is 0. The summed E-state index contributed by atoms with van der Waals surface area (Å²) in [5, 5.41) is 0.